The zero-order valence-electron chi connectivity index (χ0n) is 17.4. The maximum Gasteiger partial charge on any atom is 0.358 e. The number of urea groups is 1. The van der Waals surface area contributed by atoms with Crippen LogP contribution in [0.3, 0.4) is 0 Å². The van der Waals surface area contributed by atoms with Gasteiger partial charge >= 0.3 is 12.0 Å². The number of amides is 2. The fraction of sp³-hybridized carbons (Fsp3) is 0.227. The molecule has 32 heavy (non-hydrogen) atoms. The second-order valence-electron chi connectivity index (χ2n) is 6.91. The fourth-order valence-corrected chi connectivity index (χ4v) is 3.98. The molecule has 0 radical (unpaired) electrons. The minimum atomic E-state index is -0.644. The number of carbonyl (C=O) groups excluding carboxylic acids is 2. The number of nitrogens with one attached hydrogen (secondary N) is 3. The van der Waals surface area contributed by atoms with Gasteiger partial charge in [0.2, 0.25) is 0 Å². The molecule has 0 bridgehead atoms. The van der Waals surface area contributed by atoms with E-state index in [0.717, 1.165) is 11.1 Å². The van der Waals surface area contributed by atoms with Crippen LogP contribution in [-0.4, -0.2) is 28.7 Å². The summed E-state index contributed by atoms with van der Waals surface area (Å²) in [7, 11) is 1.27. The van der Waals surface area contributed by atoms with Gasteiger partial charge in [-0.2, -0.15) is 0 Å². The quantitative estimate of drug-likeness (QED) is 0.280. The smallest absolute Gasteiger partial charge is 0.358 e. The molecule has 0 spiro atoms. The zero-order valence-corrected chi connectivity index (χ0v) is 19.8. The highest BCUT2D eigenvalue weighted by Gasteiger charge is 2.27. The Hall–Kier alpha value is -2.81. The first kappa shape index (κ1) is 23.8. The molecule has 0 saturated heterocycles. The van der Waals surface area contributed by atoms with Crippen LogP contribution in [0.4, 0.5) is 10.6 Å². The number of nitrogens with zero attached hydrogens (tertiary/aromatic N) is 1. The van der Waals surface area contributed by atoms with Crippen molar-refractivity contribution in [3.05, 3.63) is 80.2 Å². The van der Waals surface area contributed by atoms with E-state index in [1.807, 2.05) is 43.3 Å². The second-order valence-corrected chi connectivity index (χ2v) is 8.11. The number of imidazole rings is 1. The van der Waals surface area contributed by atoms with Gasteiger partial charge in [0.15, 0.2) is 10.5 Å². The molecule has 0 aliphatic rings. The number of hydrogen-bond acceptors (Lipinski definition) is 4. The van der Waals surface area contributed by atoms with Crippen LogP contribution in [0.15, 0.2) is 48.5 Å². The highest BCUT2D eigenvalue weighted by atomic mass is 35.5. The van der Waals surface area contributed by atoms with Gasteiger partial charge in [-0.3, -0.25) is 5.32 Å². The highest BCUT2D eigenvalue weighted by molar-refractivity contribution is 7.71. The van der Waals surface area contributed by atoms with E-state index in [4.69, 9.17) is 40.2 Å². The summed E-state index contributed by atoms with van der Waals surface area (Å²) in [5, 5.41) is 6.23. The van der Waals surface area contributed by atoms with Crippen molar-refractivity contribution in [3.8, 4) is 0 Å². The van der Waals surface area contributed by atoms with Crippen LogP contribution in [0, 0.1) is 4.77 Å². The van der Waals surface area contributed by atoms with E-state index in [1.165, 1.54) is 7.11 Å². The van der Waals surface area contributed by atoms with Crippen molar-refractivity contribution >= 4 is 53.2 Å². The number of aromatic amines is 1. The predicted octanol–water partition coefficient (Wildman–Crippen LogP) is 5.96. The van der Waals surface area contributed by atoms with E-state index < -0.39 is 12.0 Å². The van der Waals surface area contributed by atoms with Gasteiger partial charge in [0.25, 0.3) is 0 Å². The lowest BCUT2D eigenvalue weighted by Gasteiger charge is -2.20. The Morgan fingerprint density at radius 3 is 2.50 bits per heavy atom. The topological polar surface area (TPSA) is 88.2 Å². The average molecular weight is 493 g/mol. The summed E-state index contributed by atoms with van der Waals surface area (Å²) >= 11 is 17.7. The summed E-state index contributed by atoms with van der Waals surface area (Å²) in [6, 6.07) is 13.9. The normalized spacial score (nSPS) is 11.6. The van der Waals surface area contributed by atoms with Gasteiger partial charge in [-0.05, 0) is 41.9 Å². The molecule has 7 nitrogen and oxygen atoms in total. The van der Waals surface area contributed by atoms with E-state index in [9.17, 15) is 9.59 Å². The third-order valence-corrected chi connectivity index (χ3v) is 5.91. The SMILES string of the molecule is CCC(c1ccc(Cl)c(Cl)c1)n1c(C(=O)OC)c(NC(=O)NCc2ccccc2)[nH]c1=S. The van der Waals surface area contributed by atoms with Crippen LogP contribution >= 0.6 is 35.4 Å². The summed E-state index contributed by atoms with van der Waals surface area (Å²) in [6.45, 7) is 2.27. The molecule has 1 heterocycles. The molecule has 0 aliphatic carbocycles. The van der Waals surface area contributed by atoms with Gasteiger partial charge < -0.3 is 19.6 Å². The minimum Gasteiger partial charge on any atom is -0.464 e. The molecule has 3 aromatic rings. The van der Waals surface area contributed by atoms with Crippen LogP contribution in [0.5, 0.6) is 0 Å². The maximum absolute atomic E-state index is 12.7. The lowest BCUT2D eigenvalue weighted by Crippen LogP contribution is -2.29. The van der Waals surface area contributed by atoms with Gasteiger partial charge in [0.1, 0.15) is 5.82 Å². The first-order chi connectivity index (χ1) is 15.3. The van der Waals surface area contributed by atoms with Gasteiger partial charge in [-0.15, -0.1) is 0 Å². The Labute approximate surface area is 200 Å². The molecule has 0 aliphatic heterocycles. The van der Waals surface area contributed by atoms with Crippen LogP contribution in [-0.2, 0) is 11.3 Å². The molecule has 1 unspecified atom stereocenters. The maximum atomic E-state index is 12.7. The number of ether oxygens (including phenoxy) is 1. The standard InChI is InChI=1S/C22H22Cl2N4O3S/c1-3-17(14-9-10-15(23)16(24)11-14)28-18(20(29)31-2)19(27-22(28)32)26-21(30)25-12-13-7-5-4-6-8-13/h4-11,17H,3,12H2,1-2H3,(H,27,32)(H2,25,26,30). The van der Waals surface area contributed by atoms with Gasteiger partial charge in [-0.1, -0.05) is 66.5 Å². The number of benzene rings is 2. The van der Waals surface area contributed by atoms with E-state index in [1.54, 1.807) is 16.7 Å². The molecule has 10 heteroatoms. The number of hydrogen-bond donors (Lipinski definition) is 3. The summed E-state index contributed by atoms with van der Waals surface area (Å²) in [5.41, 5.74) is 1.85. The first-order valence-corrected chi connectivity index (χ1v) is 11.0. The molecule has 1 aromatic heterocycles. The van der Waals surface area contributed by atoms with E-state index in [0.29, 0.717) is 23.0 Å². The molecular weight excluding hydrogens is 471 g/mol. The largest absolute Gasteiger partial charge is 0.464 e. The lowest BCUT2D eigenvalue weighted by atomic mass is 10.0. The van der Waals surface area contributed by atoms with Crippen LogP contribution in [0.1, 0.15) is 41.0 Å². The summed E-state index contributed by atoms with van der Waals surface area (Å²) in [5.74, 6) is -0.500. The highest BCUT2D eigenvalue weighted by Crippen LogP contribution is 2.32. The van der Waals surface area contributed by atoms with Crippen molar-refractivity contribution < 1.29 is 14.3 Å². The van der Waals surface area contributed by atoms with Gasteiger partial charge in [0.05, 0.1) is 23.2 Å². The lowest BCUT2D eigenvalue weighted by molar-refractivity contribution is 0.0588. The Kier molecular flexibility index (Phi) is 7.95. The number of H-pyrrole nitrogens is 1. The van der Waals surface area contributed by atoms with Crippen LogP contribution in [0.2, 0.25) is 10.0 Å². The van der Waals surface area contributed by atoms with Crippen molar-refractivity contribution in [1.29, 1.82) is 0 Å². The molecule has 1 atom stereocenters. The second kappa shape index (κ2) is 10.7. The van der Waals surface area contributed by atoms with Crippen molar-refractivity contribution in [2.75, 3.05) is 12.4 Å². The van der Waals surface area contributed by atoms with Crippen molar-refractivity contribution in [2.24, 2.45) is 0 Å². The third-order valence-electron chi connectivity index (χ3n) is 4.87. The first-order valence-electron chi connectivity index (χ1n) is 9.82. The monoisotopic (exact) mass is 492 g/mol. The van der Waals surface area contributed by atoms with Crippen molar-refractivity contribution in [1.82, 2.24) is 14.9 Å². The van der Waals surface area contributed by atoms with Crippen LogP contribution < -0.4 is 10.6 Å². The number of esters is 1. The van der Waals surface area contributed by atoms with E-state index in [2.05, 4.69) is 15.6 Å². The van der Waals surface area contributed by atoms with Crippen LogP contribution in [0.25, 0.3) is 0 Å². The molecule has 2 aromatic carbocycles. The molecular formula is C22H22Cl2N4O3S. The molecule has 0 saturated carbocycles. The zero-order chi connectivity index (χ0) is 23.3. The molecule has 3 N–H and O–H groups in total. The van der Waals surface area contributed by atoms with E-state index in [-0.39, 0.29) is 22.3 Å². The molecule has 0 fully saturated rings. The molecule has 168 valence electrons. The van der Waals surface area contributed by atoms with E-state index >= 15 is 0 Å². The number of aromatic nitrogens is 2. The summed E-state index contributed by atoms with van der Waals surface area (Å²) < 4.78 is 6.84. The third kappa shape index (κ3) is 5.32. The van der Waals surface area contributed by atoms with Crippen molar-refractivity contribution in [3.63, 3.8) is 0 Å². The van der Waals surface area contributed by atoms with Gasteiger partial charge in [-0.25, -0.2) is 9.59 Å². The molecule has 3 rings (SSSR count). The number of anilines is 1. The Balaban J connectivity index is 1.93. The Morgan fingerprint density at radius 2 is 1.88 bits per heavy atom. The van der Waals surface area contributed by atoms with Gasteiger partial charge in [0, 0.05) is 6.54 Å². The number of halogens is 2. The molecule has 2 amide bonds. The number of rotatable bonds is 7. The Morgan fingerprint density at radius 1 is 1.16 bits per heavy atom. The fourth-order valence-electron chi connectivity index (χ4n) is 3.36. The number of carbonyl (C=O) groups is 2. The Bertz CT molecular complexity index is 1180. The number of methoxy groups -OCH3 is 1. The average Bonchev–Trinajstić information content (AvgIpc) is 3.10. The summed E-state index contributed by atoms with van der Waals surface area (Å²) in [4.78, 5) is 28.1. The van der Waals surface area contributed by atoms with Crippen molar-refractivity contribution in [2.45, 2.75) is 25.9 Å². The minimum absolute atomic E-state index is 0.102. The predicted molar refractivity (Wildman–Crippen MR) is 128 cm³/mol. The summed E-state index contributed by atoms with van der Waals surface area (Å²) in [6.07, 6.45) is 0.591.